The first kappa shape index (κ1) is 13.8. The van der Waals surface area contributed by atoms with Crippen molar-refractivity contribution in [2.45, 2.75) is 20.5 Å². The molecule has 0 saturated carbocycles. The number of anilines is 2. The molecule has 1 aliphatic rings. The van der Waals surface area contributed by atoms with E-state index in [1.807, 2.05) is 30.3 Å². The van der Waals surface area contributed by atoms with Crippen molar-refractivity contribution < 1.29 is 4.74 Å². The summed E-state index contributed by atoms with van der Waals surface area (Å²) < 4.78 is 5.92. The van der Waals surface area contributed by atoms with Crippen LogP contribution < -0.4 is 10.1 Å². The summed E-state index contributed by atoms with van der Waals surface area (Å²) in [6, 6.07) is 12.0. The lowest BCUT2D eigenvalue weighted by Gasteiger charge is -2.25. The molecule has 0 atom stereocenters. The van der Waals surface area contributed by atoms with Crippen molar-refractivity contribution in [2.24, 2.45) is 0 Å². The number of hydrogen-bond donors (Lipinski definition) is 1. The molecule has 1 aromatic carbocycles. The zero-order chi connectivity index (χ0) is 15.8. The van der Waals surface area contributed by atoms with Gasteiger partial charge in [0.1, 0.15) is 18.2 Å². The van der Waals surface area contributed by atoms with Crippen LogP contribution in [-0.2, 0) is 6.61 Å². The molecule has 1 N–H and O–H groups in total. The molecule has 0 fully saturated rings. The number of nitrogens with zero attached hydrogens (tertiary/aromatic N) is 2. The quantitative estimate of drug-likeness (QED) is 0.762. The number of para-hydroxylation sites is 1. The van der Waals surface area contributed by atoms with E-state index < -0.39 is 0 Å². The average Bonchev–Trinajstić information content (AvgIpc) is 2.59. The Labute approximate surface area is 135 Å². The van der Waals surface area contributed by atoms with Crippen molar-refractivity contribution in [1.29, 1.82) is 0 Å². The average molecular weight is 303 g/mol. The third-order valence-electron chi connectivity index (χ3n) is 4.20. The van der Waals surface area contributed by atoms with E-state index >= 15 is 0 Å². The van der Waals surface area contributed by atoms with Crippen molar-refractivity contribution in [2.75, 3.05) is 5.32 Å². The molecule has 114 valence electrons. The first-order chi connectivity index (χ1) is 11.2. The molecule has 4 heteroatoms. The fourth-order valence-electron chi connectivity index (χ4n) is 3.04. The van der Waals surface area contributed by atoms with Crippen molar-refractivity contribution in [1.82, 2.24) is 9.97 Å². The van der Waals surface area contributed by atoms with E-state index in [2.05, 4.69) is 30.2 Å². The minimum absolute atomic E-state index is 0.573. The van der Waals surface area contributed by atoms with E-state index in [1.54, 1.807) is 12.4 Å². The van der Waals surface area contributed by atoms with Gasteiger partial charge in [0.15, 0.2) is 0 Å². The van der Waals surface area contributed by atoms with Crippen LogP contribution in [0.3, 0.4) is 0 Å². The van der Waals surface area contributed by atoms with Gasteiger partial charge in [-0.25, -0.2) is 4.98 Å². The second kappa shape index (κ2) is 5.39. The lowest BCUT2D eigenvalue weighted by atomic mass is 9.93. The smallest absolute Gasteiger partial charge is 0.134 e. The molecule has 3 aromatic rings. The fourth-order valence-corrected chi connectivity index (χ4v) is 3.04. The van der Waals surface area contributed by atoms with Crippen LogP contribution in [0.1, 0.15) is 16.8 Å². The number of pyridine rings is 2. The summed E-state index contributed by atoms with van der Waals surface area (Å²) in [7, 11) is 0. The molecule has 23 heavy (non-hydrogen) atoms. The number of hydrogen-bond acceptors (Lipinski definition) is 4. The van der Waals surface area contributed by atoms with Gasteiger partial charge in [0.25, 0.3) is 0 Å². The van der Waals surface area contributed by atoms with Crippen molar-refractivity contribution in [3.63, 3.8) is 0 Å². The number of nitrogens with one attached hydrogen (secondary N) is 1. The minimum atomic E-state index is 0.573. The third-order valence-corrected chi connectivity index (χ3v) is 4.20. The SMILES string of the molecule is Cc1nc(Nc2cccnc2)c(C)c2c1-c1ccccc1OC2. The first-order valence-corrected chi connectivity index (χ1v) is 7.63. The predicted molar refractivity (Wildman–Crippen MR) is 91.0 cm³/mol. The van der Waals surface area contributed by atoms with Gasteiger partial charge in [-0.15, -0.1) is 0 Å². The highest BCUT2D eigenvalue weighted by Gasteiger charge is 2.23. The molecule has 4 nitrogen and oxygen atoms in total. The van der Waals surface area contributed by atoms with Gasteiger partial charge in [0, 0.05) is 28.6 Å². The molecule has 0 aliphatic carbocycles. The summed E-state index contributed by atoms with van der Waals surface area (Å²) in [6.45, 7) is 4.71. The van der Waals surface area contributed by atoms with Crippen LogP contribution in [-0.4, -0.2) is 9.97 Å². The molecule has 2 aromatic heterocycles. The number of aromatic nitrogens is 2. The van der Waals surface area contributed by atoms with Gasteiger partial charge in [-0.1, -0.05) is 18.2 Å². The van der Waals surface area contributed by atoms with Crippen LogP contribution >= 0.6 is 0 Å². The van der Waals surface area contributed by atoms with Crippen LogP contribution in [0.2, 0.25) is 0 Å². The molecule has 0 radical (unpaired) electrons. The summed E-state index contributed by atoms with van der Waals surface area (Å²) in [5, 5.41) is 3.36. The molecule has 0 amide bonds. The molecule has 0 unspecified atom stereocenters. The van der Waals surface area contributed by atoms with Crippen LogP contribution in [0, 0.1) is 13.8 Å². The van der Waals surface area contributed by atoms with E-state index in [0.29, 0.717) is 6.61 Å². The molecule has 1 aliphatic heterocycles. The number of fused-ring (bicyclic) bond motifs is 3. The molecule has 3 heterocycles. The summed E-state index contributed by atoms with van der Waals surface area (Å²) in [5.41, 5.74) is 6.56. The van der Waals surface area contributed by atoms with Crippen LogP contribution in [0.25, 0.3) is 11.1 Å². The maximum atomic E-state index is 5.92. The Hall–Kier alpha value is -2.88. The van der Waals surface area contributed by atoms with Gasteiger partial charge in [0.05, 0.1) is 11.9 Å². The van der Waals surface area contributed by atoms with E-state index in [9.17, 15) is 0 Å². The Balaban J connectivity index is 1.84. The Bertz CT molecular complexity index is 875. The molecule has 0 bridgehead atoms. The Morgan fingerprint density at radius 3 is 2.78 bits per heavy atom. The molecular formula is C19H17N3O. The monoisotopic (exact) mass is 303 g/mol. The fraction of sp³-hybridized carbons (Fsp3) is 0.158. The second-order valence-electron chi connectivity index (χ2n) is 5.68. The van der Waals surface area contributed by atoms with Gasteiger partial charge >= 0.3 is 0 Å². The predicted octanol–water partition coefficient (Wildman–Crippen LogP) is 4.40. The van der Waals surface area contributed by atoms with Crippen LogP contribution in [0.4, 0.5) is 11.5 Å². The molecule has 0 spiro atoms. The van der Waals surface area contributed by atoms with E-state index in [4.69, 9.17) is 9.72 Å². The minimum Gasteiger partial charge on any atom is -0.488 e. The standard InChI is InChI=1S/C19H17N3O/c1-12-16-11-23-17-8-4-3-7-15(17)18(16)13(2)21-19(12)22-14-6-5-9-20-10-14/h3-10H,11H2,1-2H3,(H,21,22). The summed E-state index contributed by atoms with van der Waals surface area (Å²) in [5.74, 6) is 1.79. The van der Waals surface area contributed by atoms with Crippen molar-refractivity contribution >= 4 is 11.5 Å². The Morgan fingerprint density at radius 1 is 1.09 bits per heavy atom. The Kier molecular flexibility index (Phi) is 3.23. The van der Waals surface area contributed by atoms with E-state index in [0.717, 1.165) is 34.1 Å². The Morgan fingerprint density at radius 2 is 1.96 bits per heavy atom. The summed E-state index contributed by atoms with van der Waals surface area (Å²) >= 11 is 0. The summed E-state index contributed by atoms with van der Waals surface area (Å²) in [4.78, 5) is 8.92. The maximum absolute atomic E-state index is 5.92. The zero-order valence-electron chi connectivity index (χ0n) is 13.1. The van der Waals surface area contributed by atoms with Crippen LogP contribution in [0.5, 0.6) is 5.75 Å². The molecule has 0 saturated heterocycles. The van der Waals surface area contributed by atoms with Gasteiger partial charge in [0.2, 0.25) is 0 Å². The highest BCUT2D eigenvalue weighted by atomic mass is 16.5. The molecule has 4 rings (SSSR count). The van der Waals surface area contributed by atoms with Gasteiger partial charge in [-0.2, -0.15) is 0 Å². The van der Waals surface area contributed by atoms with Gasteiger partial charge in [-0.05, 0) is 37.6 Å². The van der Waals surface area contributed by atoms with E-state index in [-0.39, 0.29) is 0 Å². The number of benzene rings is 1. The maximum Gasteiger partial charge on any atom is 0.134 e. The van der Waals surface area contributed by atoms with Crippen molar-refractivity contribution in [3.05, 3.63) is 65.6 Å². The first-order valence-electron chi connectivity index (χ1n) is 7.63. The highest BCUT2D eigenvalue weighted by molar-refractivity contribution is 5.80. The number of rotatable bonds is 2. The normalized spacial score (nSPS) is 12.1. The lowest BCUT2D eigenvalue weighted by molar-refractivity contribution is 0.301. The summed E-state index contributed by atoms with van der Waals surface area (Å²) in [6.07, 6.45) is 3.55. The number of aryl methyl sites for hydroxylation is 1. The molecular weight excluding hydrogens is 286 g/mol. The topological polar surface area (TPSA) is 47.0 Å². The largest absolute Gasteiger partial charge is 0.488 e. The van der Waals surface area contributed by atoms with Crippen LogP contribution in [0.15, 0.2) is 48.8 Å². The highest BCUT2D eigenvalue weighted by Crippen LogP contribution is 2.41. The number of ether oxygens (including phenoxy) is 1. The second-order valence-corrected chi connectivity index (χ2v) is 5.68. The zero-order valence-corrected chi connectivity index (χ0v) is 13.1. The van der Waals surface area contributed by atoms with Gasteiger partial charge in [-0.3, -0.25) is 4.98 Å². The third kappa shape index (κ3) is 2.32. The van der Waals surface area contributed by atoms with Gasteiger partial charge < -0.3 is 10.1 Å². The van der Waals surface area contributed by atoms with Crippen molar-refractivity contribution in [3.8, 4) is 16.9 Å². The van der Waals surface area contributed by atoms with E-state index in [1.165, 1.54) is 11.1 Å². The lowest BCUT2D eigenvalue weighted by Crippen LogP contribution is -2.12.